The van der Waals surface area contributed by atoms with Gasteiger partial charge in [-0.3, -0.25) is 9.59 Å². The quantitative estimate of drug-likeness (QED) is 0.366. The second kappa shape index (κ2) is 8.31. The zero-order chi connectivity index (χ0) is 22.4. The number of benzene rings is 1. The minimum atomic E-state index is -0.499. The molecular weight excluding hydrogens is 462 g/mol. The van der Waals surface area contributed by atoms with Crippen molar-refractivity contribution in [2.75, 3.05) is 5.32 Å². The zero-order valence-electron chi connectivity index (χ0n) is 17.3. The fraction of sp³-hybridized carbons (Fsp3) is 0.208. The van der Waals surface area contributed by atoms with Crippen molar-refractivity contribution in [3.63, 3.8) is 0 Å². The molecule has 1 aliphatic carbocycles. The van der Waals surface area contributed by atoms with E-state index in [2.05, 4.69) is 12.2 Å². The monoisotopic (exact) mass is 481 g/mol. The highest BCUT2D eigenvalue weighted by Gasteiger charge is 2.28. The van der Waals surface area contributed by atoms with Crippen LogP contribution in [0.4, 0.5) is 5.00 Å². The summed E-state index contributed by atoms with van der Waals surface area (Å²) in [5.74, 6) is -0.239. The van der Waals surface area contributed by atoms with Crippen LogP contribution < -0.4 is 11.1 Å². The molecule has 1 atom stereocenters. The Bertz CT molecular complexity index is 1380. The number of para-hydroxylation sites is 1. The van der Waals surface area contributed by atoms with Crippen LogP contribution in [0.1, 0.15) is 44.5 Å². The SMILES string of the molecule is C[C@@H]1CCc2c(sc(NC(=O)c3cc(-c4ccc(Cl)s4)nc4ccccc34)c2C(N)=O)C1. The van der Waals surface area contributed by atoms with E-state index < -0.39 is 5.91 Å². The van der Waals surface area contributed by atoms with Crippen LogP contribution >= 0.6 is 34.3 Å². The van der Waals surface area contributed by atoms with E-state index in [9.17, 15) is 9.59 Å². The van der Waals surface area contributed by atoms with Crippen molar-refractivity contribution in [2.45, 2.75) is 26.2 Å². The number of amides is 2. The second-order valence-corrected chi connectivity index (χ2v) is 10.9. The molecule has 3 heterocycles. The van der Waals surface area contributed by atoms with Crippen LogP contribution in [0.2, 0.25) is 4.34 Å². The van der Waals surface area contributed by atoms with Gasteiger partial charge in [0.2, 0.25) is 0 Å². The van der Waals surface area contributed by atoms with Gasteiger partial charge in [0.25, 0.3) is 11.8 Å². The molecular formula is C24H20ClN3O2S2. The second-order valence-electron chi connectivity index (χ2n) is 8.05. The topological polar surface area (TPSA) is 85.1 Å². The van der Waals surface area contributed by atoms with Crippen molar-refractivity contribution in [3.8, 4) is 10.6 Å². The lowest BCUT2D eigenvalue weighted by Gasteiger charge is -2.18. The molecule has 3 aromatic heterocycles. The fourth-order valence-corrected chi connectivity index (χ4v) is 6.63. The van der Waals surface area contributed by atoms with Gasteiger partial charge in [0.05, 0.1) is 31.6 Å². The van der Waals surface area contributed by atoms with Gasteiger partial charge >= 0.3 is 0 Å². The van der Waals surface area contributed by atoms with Crippen molar-refractivity contribution < 1.29 is 9.59 Å². The maximum absolute atomic E-state index is 13.5. The fourth-order valence-electron chi connectivity index (χ4n) is 4.21. The molecule has 0 spiro atoms. The first-order chi connectivity index (χ1) is 15.4. The number of nitrogens with zero attached hydrogens (tertiary/aromatic N) is 1. The Morgan fingerprint density at radius 1 is 1.19 bits per heavy atom. The van der Waals surface area contributed by atoms with Crippen LogP contribution in [0.15, 0.2) is 42.5 Å². The summed E-state index contributed by atoms with van der Waals surface area (Å²) in [6.45, 7) is 2.20. The number of hydrogen-bond donors (Lipinski definition) is 2. The number of halogens is 1. The van der Waals surface area contributed by atoms with Crippen molar-refractivity contribution in [1.29, 1.82) is 0 Å². The molecule has 3 N–H and O–H groups in total. The number of carbonyl (C=O) groups is 2. The molecule has 32 heavy (non-hydrogen) atoms. The van der Waals surface area contributed by atoms with E-state index in [1.165, 1.54) is 22.7 Å². The summed E-state index contributed by atoms with van der Waals surface area (Å²) in [5.41, 5.74) is 9.05. The first-order valence-electron chi connectivity index (χ1n) is 10.3. The lowest BCUT2D eigenvalue weighted by Crippen LogP contribution is -2.19. The molecule has 0 saturated carbocycles. The molecule has 0 bridgehead atoms. The van der Waals surface area contributed by atoms with Gasteiger partial charge in [0, 0.05) is 10.3 Å². The van der Waals surface area contributed by atoms with E-state index >= 15 is 0 Å². The van der Waals surface area contributed by atoms with Crippen molar-refractivity contribution in [1.82, 2.24) is 4.98 Å². The Morgan fingerprint density at radius 2 is 2.00 bits per heavy atom. The van der Waals surface area contributed by atoms with E-state index in [1.54, 1.807) is 6.07 Å². The Morgan fingerprint density at radius 3 is 2.75 bits per heavy atom. The predicted molar refractivity (Wildman–Crippen MR) is 132 cm³/mol. The lowest BCUT2D eigenvalue weighted by atomic mass is 9.88. The van der Waals surface area contributed by atoms with Gasteiger partial charge < -0.3 is 11.1 Å². The number of fused-ring (bicyclic) bond motifs is 2. The molecule has 4 aromatic rings. The summed E-state index contributed by atoms with van der Waals surface area (Å²) in [6.07, 6.45) is 2.72. The summed E-state index contributed by atoms with van der Waals surface area (Å²) in [5, 5.41) is 4.26. The average Bonchev–Trinajstić information content (AvgIpc) is 3.35. The number of nitrogens with one attached hydrogen (secondary N) is 1. The summed E-state index contributed by atoms with van der Waals surface area (Å²) in [4.78, 5) is 32.5. The summed E-state index contributed by atoms with van der Waals surface area (Å²) >= 11 is 8.99. The normalized spacial score (nSPS) is 15.5. The first kappa shape index (κ1) is 21.1. The molecule has 1 aliphatic rings. The van der Waals surface area contributed by atoms with Gasteiger partial charge in [-0.2, -0.15) is 0 Å². The third-order valence-electron chi connectivity index (χ3n) is 5.77. The minimum absolute atomic E-state index is 0.290. The van der Waals surface area contributed by atoms with Gasteiger partial charge in [0.15, 0.2) is 0 Å². The van der Waals surface area contributed by atoms with Gasteiger partial charge in [0.1, 0.15) is 5.00 Å². The van der Waals surface area contributed by atoms with Gasteiger partial charge in [-0.05, 0) is 55.0 Å². The number of primary amides is 1. The molecule has 5 rings (SSSR count). The molecule has 162 valence electrons. The maximum atomic E-state index is 13.5. The Hall–Kier alpha value is -2.74. The van der Waals surface area contributed by atoms with Crippen LogP contribution in [0.25, 0.3) is 21.5 Å². The standard InChI is InChI=1S/C24H20ClN3O2S2/c1-12-6-7-14-19(10-12)32-24(21(14)22(26)29)28-23(30)15-11-17(18-8-9-20(25)31-18)27-16-5-3-2-4-13(15)16/h2-5,8-9,11-12H,6-7,10H2,1H3,(H2,26,29)(H,28,30)/t12-/m1/s1. The first-order valence-corrected chi connectivity index (χ1v) is 12.3. The number of nitrogens with two attached hydrogens (primary N) is 1. The molecule has 5 nitrogen and oxygen atoms in total. The number of anilines is 1. The number of aromatic nitrogens is 1. The Kier molecular flexibility index (Phi) is 5.49. The summed E-state index contributed by atoms with van der Waals surface area (Å²) < 4.78 is 0.658. The van der Waals surface area contributed by atoms with Crippen LogP contribution in [0, 0.1) is 5.92 Å². The Balaban J connectivity index is 1.58. The third-order valence-corrected chi connectivity index (χ3v) is 8.20. The predicted octanol–water partition coefficient (Wildman–Crippen LogP) is 6.15. The van der Waals surface area contributed by atoms with E-state index in [0.29, 0.717) is 37.6 Å². The molecule has 0 aliphatic heterocycles. The Labute approximate surface area is 198 Å². The highest BCUT2D eigenvalue weighted by molar-refractivity contribution is 7.19. The molecule has 0 unspecified atom stereocenters. The zero-order valence-corrected chi connectivity index (χ0v) is 19.7. The van der Waals surface area contributed by atoms with Crippen molar-refractivity contribution >= 4 is 62.0 Å². The van der Waals surface area contributed by atoms with Crippen LogP contribution in [-0.2, 0) is 12.8 Å². The number of thiophene rings is 2. The number of carbonyl (C=O) groups excluding carboxylic acids is 2. The largest absolute Gasteiger partial charge is 0.365 e. The molecule has 0 fully saturated rings. The average molecular weight is 482 g/mol. The van der Waals surface area contributed by atoms with Crippen molar-refractivity contribution in [3.05, 3.63) is 68.4 Å². The highest BCUT2D eigenvalue weighted by Crippen LogP contribution is 2.40. The van der Waals surface area contributed by atoms with Gasteiger partial charge in [-0.25, -0.2) is 4.98 Å². The molecule has 8 heteroatoms. The molecule has 0 radical (unpaired) electrons. The highest BCUT2D eigenvalue weighted by atomic mass is 35.5. The van der Waals surface area contributed by atoms with E-state index in [4.69, 9.17) is 22.3 Å². The molecule has 1 aromatic carbocycles. The summed E-state index contributed by atoms with van der Waals surface area (Å²) in [6, 6.07) is 13.0. The molecule has 0 saturated heterocycles. The summed E-state index contributed by atoms with van der Waals surface area (Å²) in [7, 11) is 0. The van der Waals surface area contributed by atoms with Gasteiger partial charge in [-0.15, -0.1) is 22.7 Å². The van der Waals surface area contributed by atoms with Crippen molar-refractivity contribution in [2.24, 2.45) is 11.7 Å². The maximum Gasteiger partial charge on any atom is 0.257 e. The number of rotatable bonds is 4. The number of pyridine rings is 1. The molecule has 2 amide bonds. The lowest BCUT2D eigenvalue weighted by molar-refractivity contribution is 0.1000. The van der Waals surface area contributed by atoms with Gasteiger partial charge in [-0.1, -0.05) is 36.7 Å². The van der Waals surface area contributed by atoms with E-state index in [-0.39, 0.29) is 5.91 Å². The van der Waals surface area contributed by atoms with E-state index in [1.807, 2.05) is 36.4 Å². The van der Waals surface area contributed by atoms with E-state index in [0.717, 1.165) is 40.0 Å². The van der Waals surface area contributed by atoms with Crippen LogP contribution in [0.3, 0.4) is 0 Å². The number of hydrogen-bond acceptors (Lipinski definition) is 5. The van der Waals surface area contributed by atoms with Crippen LogP contribution in [-0.4, -0.2) is 16.8 Å². The third kappa shape index (κ3) is 3.81. The smallest absolute Gasteiger partial charge is 0.257 e. The van der Waals surface area contributed by atoms with Crippen LogP contribution in [0.5, 0.6) is 0 Å². The minimum Gasteiger partial charge on any atom is -0.365 e.